The minimum Gasteiger partial charge on any atom is -0.440 e. The average Bonchev–Trinajstić information content (AvgIpc) is 3.09. The van der Waals surface area contributed by atoms with Gasteiger partial charge < -0.3 is 9.73 Å². The number of oxazole rings is 1. The number of nitro groups is 1. The summed E-state index contributed by atoms with van der Waals surface area (Å²) in [6.45, 7) is 1.60. The Bertz CT molecular complexity index is 1220. The van der Waals surface area contributed by atoms with Crippen molar-refractivity contribution >= 4 is 28.4 Å². The number of rotatable bonds is 5. The highest BCUT2D eigenvalue weighted by atomic mass is 16.6. The molecule has 4 aromatic rings. The van der Waals surface area contributed by atoms with Gasteiger partial charge in [-0.25, -0.2) is 4.98 Å². The number of nitrogens with zero attached hydrogens (tertiary/aromatic N) is 2. The lowest BCUT2D eigenvalue weighted by atomic mass is 10.1. The molecule has 0 aliphatic heterocycles. The molecule has 0 atom stereocenters. The molecule has 0 radical (unpaired) electrons. The summed E-state index contributed by atoms with van der Waals surface area (Å²) >= 11 is 0. The van der Waals surface area contributed by atoms with Gasteiger partial charge in [-0.1, -0.05) is 30.3 Å². The van der Waals surface area contributed by atoms with E-state index in [1.807, 2.05) is 30.3 Å². The highest BCUT2D eigenvalue weighted by Gasteiger charge is 2.14. The number of benzene rings is 3. The van der Waals surface area contributed by atoms with Gasteiger partial charge in [0.25, 0.3) is 11.6 Å². The molecule has 4 rings (SSSR count). The topological polar surface area (TPSA) is 98.3 Å². The number of amides is 1. The van der Waals surface area contributed by atoms with Gasteiger partial charge in [-0.2, -0.15) is 0 Å². The van der Waals surface area contributed by atoms with E-state index in [4.69, 9.17) is 4.42 Å². The predicted octanol–water partition coefficient (Wildman–Crippen LogP) is 4.89. The van der Waals surface area contributed by atoms with E-state index in [0.29, 0.717) is 40.2 Å². The van der Waals surface area contributed by atoms with Crippen LogP contribution in [0.15, 0.2) is 71.1 Å². The number of aromatic nitrogens is 1. The van der Waals surface area contributed by atoms with Gasteiger partial charge in [0.15, 0.2) is 11.5 Å². The second-order valence-electron chi connectivity index (χ2n) is 6.66. The number of fused-ring (bicyclic) bond motifs is 1. The minimum absolute atomic E-state index is 0.0171. The van der Waals surface area contributed by atoms with E-state index in [2.05, 4.69) is 10.3 Å². The number of nitrogens with one attached hydrogen (secondary N) is 1. The third-order valence-corrected chi connectivity index (χ3v) is 4.54. The van der Waals surface area contributed by atoms with Crippen LogP contribution in [0.25, 0.3) is 11.1 Å². The van der Waals surface area contributed by atoms with Crippen LogP contribution in [-0.4, -0.2) is 15.8 Å². The number of aryl methyl sites for hydroxylation is 1. The van der Waals surface area contributed by atoms with Crippen LogP contribution in [0, 0.1) is 17.0 Å². The Kier molecular flexibility index (Phi) is 4.78. The first-order valence-corrected chi connectivity index (χ1v) is 8.99. The second-order valence-corrected chi connectivity index (χ2v) is 6.66. The van der Waals surface area contributed by atoms with Crippen molar-refractivity contribution in [1.82, 2.24) is 4.98 Å². The van der Waals surface area contributed by atoms with Gasteiger partial charge in [-0.15, -0.1) is 0 Å². The van der Waals surface area contributed by atoms with Gasteiger partial charge in [-0.3, -0.25) is 14.9 Å². The van der Waals surface area contributed by atoms with E-state index in [-0.39, 0.29) is 11.6 Å². The lowest BCUT2D eigenvalue weighted by Crippen LogP contribution is -2.12. The fourth-order valence-electron chi connectivity index (χ4n) is 3.10. The standard InChI is InChI=1S/C22H17N3O4/c1-14-11-16(7-9-19(14)25(27)28)22(26)23-17-8-10-20-18(13-17)24-21(29-20)12-15-5-3-2-4-6-15/h2-11,13H,12H2,1H3,(H,23,26). The first-order chi connectivity index (χ1) is 14.0. The quantitative estimate of drug-likeness (QED) is 0.388. The Morgan fingerprint density at radius 3 is 2.62 bits per heavy atom. The van der Waals surface area contributed by atoms with Gasteiger partial charge in [0.05, 0.1) is 4.92 Å². The van der Waals surface area contributed by atoms with E-state index in [9.17, 15) is 14.9 Å². The molecule has 0 saturated carbocycles. The van der Waals surface area contributed by atoms with E-state index in [0.717, 1.165) is 5.56 Å². The van der Waals surface area contributed by atoms with Crippen molar-refractivity contribution in [3.05, 3.63) is 99.4 Å². The number of hydrogen-bond acceptors (Lipinski definition) is 5. The lowest BCUT2D eigenvalue weighted by Gasteiger charge is -2.06. The third kappa shape index (κ3) is 3.98. The summed E-state index contributed by atoms with van der Waals surface area (Å²) < 4.78 is 5.78. The van der Waals surface area contributed by atoms with Crippen LogP contribution in [-0.2, 0) is 6.42 Å². The fraction of sp³-hybridized carbons (Fsp3) is 0.0909. The van der Waals surface area contributed by atoms with Gasteiger partial charge >= 0.3 is 0 Å². The summed E-state index contributed by atoms with van der Waals surface area (Å²) in [6.07, 6.45) is 0.583. The summed E-state index contributed by atoms with van der Waals surface area (Å²) in [5.74, 6) is 0.246. The summed E-state index contributed by atoms with van der Waals surface area (Å²) in [5.41, 5.74) is 3.71. The summed E-state index contributed by atoms with van der Waals surface area (Å²) in [4.78, 5) is 27.5. The molecule has 1 N–H and O–H groups in total. The largest absolute Gasteiger partial charge is 0.440 e. The smallest absolute Gasteiger partial charge is 0.272 e. The van der Waals surface area contributed by atoms with E-state index in [1.165, 1.54) is 18.2 Å². The Hall–Kier alpha value is -4.00. The molecule has 3 aromatic carbocycles. The Morgan fingerprint density at radius 1 is 1.10 bits per heavy atom. The van der Waals surface area contributed by atoms with Crippen LogP contribution in [0.5, 0.6) is 0 Å². The molecule has 0 fully saturated rings. The molecule has 0 unspecified atom stereocenters. The van der Waals surface area contributed by atoms with Crippen molar-refractivity contribution in [2.45, 2.75) is 13.3 Å². The lowest BCUT2D eigenvalue weighted by molar-refractivity contribution is -0.385. The fourth-order valence-corrected chi connectivity index (χ4v) is 3.10. The molecule has 29 heavy (non-hydrogen) atoms. The Balaban J connectivity index is 1.53. The zero-order valence-corrected chi connectivity index (χ0v) is 15.6. The molecule has 0 bridgehead atoms. The van der Waals surface area contributed by atoms with Crippen LogP contribution >= 0.6 is 0 Å². The highest BCUT2D eigenvalue weighted by Crippen LogP contribution is 2.23. The van der Waals surface area contributed by atoms with Gasteiger partial charge in [-0.05, 0) is 42.8 Å². The van der Waals surface area contributed by atoms with Crippen molar-refractivity contribution < 1.29 is 14.1 Å². The third-order valence-electron chi connectivity index (χ3n) is 4.54. The molecule has 144 valence electrons. The van der Waals surface area contributed by atoms with Gasteiger partial charge in [0.2, 0.25) is 0 Å². The zero-order chi connectivity index (χ0) is 20.4. The molecular formula is C22H17N3O4. The molecule has 1 heterocycles. The average molecular weight is 387 g/mol. The summed E-state index contributed by atoms with van der Waals surface area (Å²) in [5, 5.41) is 13.7. The number of anilines is 1. The van der Waals surface area contributed by atoms with Crippen molar-refractivity contribution in [3.8, 4) is 0 Å². The molecule has 7 nitrogen and oxygen atoms in total. The minimum atomic E-state index is -0.470. The number of hydrogen-bond donors (Lipinski definition) is 1. The zero-order valence-electron chi connectivity index (χ0n) is 15.6. The van der Waals surface area contributed by atoms with Crippen LogP contribution < -0.4 is 5.32 Å². The molecular weight excluding hydrogens is 370 g/mol. The van der Waals surface area contributed by atoms with E-state index >= 15 is 0 Å². The molecule has 7 heteroatoms. The Morgan fingerprint density at radius 2 is 1.90 bits per heavy atom. The highest BCUT2D eigenvalue weighted by molar-refractivity contribution is 6.05. The van der Waals surface area contributed by atoms with Crippen molar-refractivity contribution in [2.75, 3.05) is 5.32 Å². The summed E-state index contributed by atoms with van der Waals surface area (Å²) in [6, 6.07) is 19.4. The van der Waals surface area contributed by atoms with Gasteiger partial charge in [0, 0.05) is 29.3 Å². The maximum absolute atomic E-state index is 12.5. The van der Waals surface area contributed by atoms with E-state index in [1.54, 1.807) is 25.1 Å². The van der Waals surface area contributed by atoms with Crippen molar-refractivity contribution in [3.63, 3.8) is 0 Å². The van der Waals surface area contributed by atoms with Crippen LogP contribution in [0.1, 0.15) is 27.4 Å². The summed E-state index contributed by atoms with van der Waals surface area (Å²) in [7, 11) is 0. The SMILES string of the molecule is Cc1cc(C(=O)Nc2ccc3oc(Cc4ccccc4)nc3c2)ccc1[N+](=O)[O-]. The van der Waals surface area contributed by atoms with Crippen LogP contribution in [0.4, 0.5) is 11.4 Å². The van der Waals surface area contributed by atoms with Crippen LogP contribution in [0.3, 0.4) is 0 Å². The molecule has 1 amide bonds. The molecule has 0 spiro atoms. The predicted molar refractivity (Wildman–Crippen MR) is 109 cm³/mol. The van der Waals surface area contributed by atoms with E-state index < -0.39 is 4.92 Å². The number of carbonyl (C=O) groups excluding carboxylic acids is 1. The van der Waals surface area contributed by atoms with Crippen molar-refractivity contribution in [1.29, 1.82) is 0 Å². The molecule has 0 saturated heterocycles. The molecule has 0 aliphatic carbocycles. The first-order valence-electron chi connectivity index (χ1n) is 8.99. The van der Waals surface area contributed by atoms with Gasteiger partial charge in [0.1, 0.15) is 5.52 Å². The van der Waals surface area contributed by atoms with Crippen LogP contribution in [0.2, 0.25) is 0 Å². The monoisotopic (exact) mass is 387 g/mol. The second kappa shape index (κ2) is 7.55. The maximum Gasteiger partial charge on any atom is 0.272 e. The Labute approximate surface area is 166 Å². The number of nitro benzene ring substituents is 1. The normalized spacial score (nSPS) is 10.8. The molecule has 0 aliphatic rings. The number of carbonyl (C=O) groups is 1. The first kappa shape index (κ1) is 18.4. The van der Waals surface area contributed by atoms with Crippen molar-refractivity contribution in [2.24, 2.45) is 0 Å². The maximum atomic E-state index is 12.5. The molecule has 1 aromatic heterocycles.